The van der Waals surface area contributed by atoms with Gasteiger partial charge in [0.15, 0.2) is 0 Å². The molecule has 0 fully saturated rings. The average Bonchev–Trinajstić information content (AvgIpc) is 2.53. The van der Waals surface area contributed by atoms with Crippen LogP contribution in [0.1, 0.15) is 18.9 Å². The Morgan fingerprint density at radius 3 is 3.08 bits per heavy atom. The molecular weight excluding hydrogens is 170 g/mol. The zero-order valence-corrected chi connectivity index (χ0v) is 8.10. The van der Waals surface area contributed by atoms with Crippen LogP contribution in [0.5, 0.6) is 0 Å². The first-order chi connectivity index (χ1) is 5.83. The molecule has 1 heterocycles. The van der Waals surface area contributed by atoms with Crippen molar-refractivity contribution in [3.8, 4) is 0 Å². The molecule has 0 aliphatic heterocycles. The van der Waals surface area contributed by atoms with Crippen LogP contribution in [0.4, 0.5) is 0 Å². The molecule has 0 bridgehead atoms. The van der Waals surface area contributed by atoms with E-state index in [9.17, 15) is 0 Å². The van der Waals surface area contributed by atoms with E-state index in [4.69, 9.17) is 5.11 Å². The number of thiophene rings is 1. The van der Waals surface area contributed by atoms with Crippen LogP contribution in [0.3, 0.4) is 0 Å². The maximum atomic E-state index is 8.66. The molecule has 0 unspecified atom stereocenters. The molecule has 0 saturated carbocycles. The van der Waals surface area contributed by atoms with Gasteiger partial charge in [-0.2, -0.15) is 11.3 Å². The summed E-state index contributed by atoms with van der Waals surface area (Å²) in [5, 5.41) is 16.2. The van der Waals surface area contributed by atoms with E-state index in [0.29, 0.717) is 6.04 Å². The number of hydrogen-bond acceptors (Lipinski definition) is 3. The highest BCUT2D eigenvalue weighted by Crippen LogP contribution is 2.05. The maximum Gasteiger partial charge on any atom is 0.0445 e. The van der Waals surface area contributed by atoms with Crippen LogP contribution in [-0.2, 0) is 6.54 Å². The summed E-state index contributed by atoms with van der Waals surface area (Å²) in [5.74, 6) is 0. The van der Waals surface area contributed by atoms with E-state index in [0.717, 1.165) is 13.0 Å². The smallest absolute Gasteiger partial charge is 0.0445 e. The fourth-order valence-corrected chi connectivity index (χ4v) is 1.65. The molecule has 0 spiro atoms. The molecule has 0 aromatic carbocycles. The minimum absolute atomic E-state index is 0.262. The molecule has 1 rings (SSSR count). The SMILES string of the molecule is C[C@H](CCO)NCc1ccsc1. The fraction of sp³-hybridized carbons (Fsp3) is 0.556. The second-order valence-corrected chi connectivity index (χ2v) is 3.71. The molecule has 0 saturated heterocycles. The quantitative estimate of drug-likeness (QED) is 0.730. The maximum absolute atomic E-state index is 8.66. The molecule has 1 atom stereocenters. The largest absolute Gasteiger partial charge is 0.396 e. The summed E-state index contributed by atoms with van der Waals surface area (Å²) >= 11 is 1.72. The lowest BCUT2D eigenvalue weighted by atomic mass is 10.2. The zero-order valence-electron chi connectivity index (χ0n) is 7.29. The lowest BCUT2D eigenvalue weighted by Crippen LogP contribution is -2.26. The van der Waals surface area contributed by atoms with Crippen LogP contribution >= 0.6 is 11.3 Å². The van der Waals surface area contributed by atoms with Crippen molar-refractivity contribution in [3.05, 3.63) is 22.4 Å². The zero-order chi connectivity index (χ0) is 8.81. The lowest BCUT2D eigenvalue weighted by Gasteiger charge is -2.10. The van der Waals surface area contributed by atoms with Crippen LogP contribution in [0, 0.1) is 0 Å². The third-order valence-electron chi connectivity index (χ3n) is 1.80. The van der Waals surface area contributed by atoms with Crippen molar-refractivity contribution in [1.29, 1.82) is 0 Å². The van der Waals surface area contributed by atoms with Crippen molar-refractivity contribution >= 4 is 11.3 Å². The van der Waals surface area contributed by atoms with Crippen LogP contribution < -0.4 is 5.32 Å². The molecule has 12 heavy (non-hydrogen) atoms. The van der Waals surface area contributed by atoms with Gasteiger partial charge < -0.3 is 10.4 Å². The van der Waals surface area contributed by atoms with Crippen molar-refractivity contribution in [1.82, 2.24) is 5.32 Å². The van der Waals surface area contributed by atoms with E-state index >= 15 is 0 Å². The van der Waals surface area contributed by atoms with Crippen LogP contribution in [0.25, 0.3) is 0 Å². The van der Waals surface area contributed by atoms with Crippen molar-refractivity contribution in [2.45, 2.75) is 25.9 Å². The van der Waals surface area contributed by atoms with Gasteiger partial charge >= 0.3 is 0 Å². The first kappa shape index (κ1) is 9.71. The van der Waals surface area contributed by atoms with E-state index < -0.39 is 0 Å². The Bertz CT molecular complexity index is 198. The second kappa shape index (κ2) is 5.30. The average molecular weight is 185 g/mol. The third kappa shape index (κ3) is 3.34. The Balaban J connectivity index is 2.17. The lowest BCUT2D eigenvalue weighted by molar-refractivity contribution is 0.268. The van der Waals surface area contributed by atoms with Gasteiger partial charge in [-0.05, 0) is 35.7 Å². The minimum Gasteiger partial charge on any atom is -0.396 e. The molecule has 0 aliphatic carbocycles. The molecule has 68 valence electrons. The van der Waals surface area contributed by atoms with Gasteiger partial charge in [0.25, 0.3) is 0 Å². The monoisotopic (exact) mass is 185 g/mol. The Kier molecular flexibility index (Phi) is 4.29. The Labute approximate surface area is 77.2 Å². The number of aliphatic hydroxyl groups is 1. The molecule has 2 N–H and O–H groups in total. The molecule has 1 aromatic rings. The van der Waals surface area contributed by atoms with Gasteiger partial charge in [0, 0.05) is 19.2 Å². The van der Waals surface area contributed by atoms with Crippen LogP contribution in [0.15, 0.2) is 16.8 Å². The van der Waals surface area contributed by atoms with Gasteiger partial charge in [-0.15, -0.1) is 0 Å². The van der Waals surface area contributed by atoms with E-state index in [1.54, 1.807) is 11.3 Å². The first-order valence-electron chi connectivity index (χ1n) is 4.18. The highest BCUT2D eigenvalue weighted by atomic mass is 32.1. The van der Waals surface area contributed by atoms with Crippen molar-refractivity contribution in [2.24, 2.45) is 0 Å². The molecule has 0 aliphatic rings. The second-order valence-electron chi connectivity index (χ2n) is 2.93. The van der Waals surface area contributed by atoms with Gasteiger partial charge in [0.05, 0.1) is 0 Å². The van der Waals surface area contributed by atoms with Gasteiger partial charge in [0.1, 0.15) is 0 Å². The van der Waals surface area contributed by atoms with E-state index in [2.05, 4.69) is 29.1 Å². The summed E-state index contributed by atoms with van der Waals surface area (Å²) in [5.41, 5.74) is 1.32. The molecule has 1 aromatic heterocycles. The van der Waals surface area contributed by atoms with Gasteiger partial charge in [-0.3, -0.25) is 0 Å². The Morgan fingerprint density at radius 1 is 1.67 bits per heavy atom. The van der Waals surface area contributed by atoms with Crippen LogP contribution in [0.2, 0.25) is 0 Å². The highest BCUT2D eigenvalue weighted by Gasteiger charge is 1.99. The predicted molar refractivity (Wildman–Crippen MR) is 52.3 cm³/mol. The van der Waals surface area contributed by atoms with Crippen molar-refractivity contribution in [3.63, 3.8) is 0 Å². The van der Waals surface area contributed by atoms with Gasteiger partial charge in [-0.1, -0.05) is 0 Å². The number of nitrogens with one attached hydrogen (secondary N) is 1. The molecule has 0 amide bonds. The topological polar surface area (TPSA) is 32.3 Å². The van der Waals surface area contributed by atoms with E-state index in [1.165, 1.54) is 5.56 Å². The van der Waals surface area contributed by atoms with Gasteiger partial charge in [0.2, 0.25) is 0 Å². The number of hydrogen-bond donors (Lipinski definition) is 2. The fourth-order valence-electron chi connectivity index (χ4n) is 0.981. The number of aliphatic hydroxyl groups excluding tert-OH is 1. The summed E-state index contributed by atoms with van der Waals surface area (Å²) in [7, 11) is 0. The van der Waals surface area contributed by atoms with Crippen molar-refractivity contribution < 1.29 is 5.11 Å². The summed E-state index contributed by atoms with van der Waals surface area (Å²) in [6.07, 6.45) is 0.824. The molecule has 0 radical (unpaired) electrons. The molecule has 2 nitrogen and oxygen atoms in total. The van der Waals surface area contributed by atoms with E-state index in [-0.39, 0.29) is 6.61 Å². The standard InChI is InChI=1S/C9H15NOS/c1-8(2-4-11)10-6-9-3-5-12-7-9/h3,5,7-8,10-11H,2,4,6H2,1H3/t8-/m1/s1. The summed E-state index contributed by atoms with van der Waals surface area (Å²) in [6, 6.07) is 2.51. The highest BCUT2D eigenvalue weighted by molar-refractivity contribution is 7.07. The minimum atomic E-state index is 0.262. The van der Waals surface area contributed by atoms with E-state index in [1.807, 2.05) is 0 Å². The predicted octanol–water partition coefficient (Wildman–Crippen LogP) is 1.61. The van der Waals surface area contributed by atoms with Crippen LogP contribution in [-0.4, -0.2) is 17.8 Å². The third-order valence-corrected chi connectivity index (χ3v) is 2.53. The summed E-state index contributed by atoms with van der Waals surface area (Å²) in [6.45, 7) is 3.26. The normalized spacial score (nSPS) is 13.2. The molecular formula is C9H15NOS. The number of rotatable bonds is 5. The van der Waals surface area contributed by atoms with Crippen molar-refractivity contribution in [2.75, 3.05) is 6.61 Å². The summed E-state index contributed by atoms with van der Waals surface area (Å²) in [4.78, 5) is 0. The first-order valence-corrected chi connectivity index (χ1v) is 5.12. The molecule has 3 heteroatoms. The Hall–Kier alpha value is -0.380. The summed E-state index contributed by atoms with van der Waals surface area (Å²) < 4.78 is 0. The van der Waals surface area contributed by atoms with Gasteiger partial charge in [-0.25, -0.2) is 0 Å². The Morgan fingerprint density at radius 2 is 2.50 bits per heavy atom.